The van der Waals surface area contributed by atoms with Crippen molar-refractivity contribution in [3.8, 4) is 0 Å². The van der Waals surface area contributed by atoms with Gasteiger partial charge in [0.15, 0.2) is 0 Å². The van der Waals surface area contributed by atoms with Crippen molar-refractivity contribution in [3.05, 3.63) is 88.5 Å². The average Bonchev–Trinajstić information content (AvgIpc) is 3.24. The normalized spacial score (nSPS) is 15.9. The van der Waals surface area contributed by atoms with Gasteiger partial charge in [-0.05, 0) is 62.7 Å². The minimum absolute atomic E-state index is 0.0165. The number of primary amides is 1. The molecule has 0 spiro atoms. The molecule has 2 aromatic heterocycles. The molecule has 1 aliphatic rings. The molecule has 35 heavy (non-hydrogen) atoms. The SMILES string of the molecule is CN1CCC(c2ccccc2C(F)(F)F)C1.Cc1cc(C(=N)c2cnc(C(N)=O)cc2N)ccn1. The first-order chi connectivity index (χ1) is 16.5. The van der Waals surface area contributed by atoms with Crippen LogP contribution in [0.2, 0.25) is 0 Å². The van der Waals surface area contributed by atoms with Crippen LogP contribution < -0.4 is 11.5 Å². The maximum atomic E-state index is 12.8. The lowest BCUT2D eigenvalue weighted by molar-refractivity contribution is -0.138. The highest BCUT2D eigenvalue weighted by Gasteiger charge is 2.36. The van der Waals surface area contributed by atoms with Gasteiger partial charge in [0, 0.05) is 41.4 Å². The number of nitrogens with zero attached hydrogens (tertiary/aromatic N) is 3. The standard InChI is InChI=1S/C13H13N5O.C12H14F3N/c1-7-4-8(2-3-17-7)12(15)9-6-18-11(13(16)19)5-10(9)14;1-16-7-6-9(8-16)10-4-2-3-5-11(10)12(13,14)15/h2-6,15H,1H3,(H2,14,18)(H2,16,19);2-5,9H,6-8H2,1H3. The molecule has 1 aliphatic heterocycles. The zero-order valence-electron chi connectivity index (χ0n) is 19.4. The molecule has 1 saturated heterocycles. The number of pyridine rings is 2. The smallest absolute Gasteiger partial charge is 0.398 e. The monoisotopic (exact) mass is 484 g/mol. The summed E-state index contributed by atoms with van der Waals surface area (Å²) in [4.78, 5) is 21.0. The van der Waals surface area contributed by atoms with Crippen LogP contribution >= 0.6 is 0 Å². The predicted molar refractivity (Wildman–Crippen MR) is 128 cm³/mol. The Balaban J connectivity index is 0.000000198. The predicted octanol–water partition coefficient (Wildman–Crippen LogP) is 4.01. The van der Waals surface area contributed by atoms with E-state index in [1.807, 2.05) is 14.0 Å². The number of aryl methyl sites for hydroxylation is 1. The molecule has 0 bridgehead atoms. The summed E-state index contributed by atoms with van der Waals surface area (Å²) >= 11 is 0. The van der Waals surface area contributed by atoms with Gasteiger partial charge in [-0.2, -0.15) is 13.2 Å². The van der Waals surface area contributed by atoms with E-state index in [0.717, 1.165) is 18.7 Å². The third-order valence-electron chi connectivity index (χ3n) is 5.74. The molecular weight excluding hydrogens is 457 g/mol. The highest BCUT2D eigenvalue weighted by Crippen LogP contribution is 2.37. The molecule has 0 saturated carbocycles. The summed E-state index contributed by atoms with van der Waals surface area (Å²) < 4.78 is 38.4. The maximum Gasteiger partial charge on any atom is 0.416 e. The highest BCUT2D eigenvalue weighted by atomic mass is 19.4. The van der Waals surface area contributed by atoms with Gasteiger partial charge < -0.3 is 16.4 Å². The zero-order valence-corrected chi connectivity index (χ0v) is 19.4. The van der Waals surface area contributed by atoms with Crippen LogP contribution in [0.3, 0.4) is 0 Å². The van der Waals surface area contributed by atoms with Gasteiger partial charge in [-0.15, -0.1) is 0 Å². The summed E-state index contributed by atoms with van der Waals surface area (Å²) in [6.45, 7) is 3.43. The van der Waals surface area contributed by atoms with E-state index in [9.17, 15) is 18.0 Å². The molecule has 5 N–H and O–H groups in total. The van der Waals surface area contributed by atoms with E-state index in [1.165, 1.54) is 24.4 Å². The van der Waals surface area contributed by atoms with Crippen molar-refractivity contribution < 1.29 is 18.0 Å². The average molecular weight is 485 g/mol. The van der Waals surface area contributed by atoms with Gasteiger partial charge in [-0.1, -0.05) is 18.2 Å². The molecule has 3 aromatic rings. The number of nitrogens with one attached hydrogen (secondary N) is 1. The van der Waals surface area contributed by atoms with E-state index in [2.05, 4.69) is 14.9 Å². The number of rotatable bonds is 4. The Morgan fingerprint density at radius 3 is 2.46 bits per heavy atom. The number of nitrogen functional groups attached to an aromatic ring is 1. The summed E-state index contributed by atoms with van der Waals surface area (Å²) in [5, 5.41) is 8.12. The largest absolute Gasteiger partial charge is 0.416 e. The molecule has 1 amide bonds. The molecule has 1 unspecified atom stereocenters. The van der Waals surface area contributed by atoms with Crippen molar-refractivity contribution in [2.45, 2.75) is 25.4 Å². The lowest BCUT2D eigenvalue weighted by Gasteiger charge is -2.17. The number of alkyl halides is 3. The van der Waals surface area contributed by atoms with Gasteiger partial charge in [0.05, 0.1) is 11.3 Å². The third-order valence-corrected chi connectivity index (χ3v) is 5.74. The number of nitrogens with two attached hydrogens (primary N) is 2. The lowest BCUT2D eigenvalue weighted by Crippen LogP contribution is -2.16. The number of aromatic nitrogens is 2. The van der Waals surface area contributed by atoms with Crippen molar-refractivity contribution in [2.24, 2.45) is 5.73 Å². The van der Waals surface area contributed by atoms with Crippen molar-refractivity contribution in [1.82, 2.24) is 14.9 Å². The fourth-order valence-electron chi connectivity index (χ4n) is 3.97. The van der Waals surface area contributed by atoms with Crippen molar-refractivity contribution >= 4 is 17.3 Å². The molecule has 7 nitrogen and oxygen atoms in total. The van der Waals surface area contributed by atoms with Crippen LogP contribution in [0.15, 0.2) is 54.9 Å². The minimum Gasteiger partial charge on any atom is -0.398 e. The number of likely N-dealkylation sites (tertiary alicyclic amines) is 1. The maximum absolute atomic E-state index is 12.8. The molecule has 0 radical (unpaired) electrons. The van der Waals surface area contributed by atoms with Gasteiger partial charge >= 0.3 is 6.18 Å². The second-order valence-electron chi connectivity index (χ2n) is 8.41. The second kappa shape index (κ2) is 10.6. The van der Waals surface area contributed by atoms with E-state index in [0.29, 0.717) is 28.9 Å². The second-order valence-corrected chi connectivity index (χ2v) is 8.41. The Morgan fingerprint density at radius 1 is 1.17 bits per heavy atom. The molecule has 3 heterocycles. The van der Waals surface area contributed by atoms with E-state index < -0.39 is 17.6 Å². The summed E-state index contributed by atoms with van der Waals surface area (Å²) in [5.74, 6) is -0.632. The first-order valence-corrected chi connectivity index (χ1v) is 10.9. The number of carbonyl (C=O) groups is 1. The van der Waals surface area contributed by atoms with Crippen LogP contribution in [-0.4, -0.2) is 46.6 Å². The topological polar surface area (TPSA) is 122 Å². The minimum atomic E-state index is -4.24. The molecule has 4 rings (SSSR count). The van der Waals surface area contributed by atoms with Crippen molar-refractivity contribution in [1.29, 1.82) is 5.41 Å². The van der Waals surface area contributed by atoms with Gasteiger partial charge in [-0.25, -0.2) is 0 Å². The van der Waals surface area contributed by atoms with Crippen LogP contribution in [0.25, 0.3) is 0 Å². The Kier molecular flexibility index (Phi) is 7.85. The molecule has 1 atom stereocenters. The molecule has 10 heteroatoms. The Morgan fingerprint density at radius 2 is 1.89 bits per heavy atom. The number of carbonyl (C=O) groups excluding carboxylic acids is 1. The van der Waals surface area contributed by atoms with Crippen LogP contribution in [0.5, 0.6) is 0 Å². The van der Waals surface area contributed by atoms with Gasteiger partial charge in [0.25, 0.3) is 5.91 Å². The summed E-state index contributed by atoms with van der Waals surface area (Å²) in [5.41, 5.74) is 13.5. The van der Waals surface area contributed by atoms with Gasteiger partial charge in [0.1, 0.15) is 5.69 Å². The number of hydrogen-bond donors (Lipinski definition) is 3. The quantitative estimate of drug-likeness (QED) is 0.483. The van der Waals surface area contributed by atoms with E-state index in [4.69, 9.17) is 16.9 Å². The number of anilines is 1. The van der Waals surface area contributed by atoms with Crippen LogP contribution in [0.4, 0.5) is 18.9 Å². The van der Waals surface area contributed by atoms with Gasteiger partial charge in [0.2, 0.25) is 0 Å². The fourth-order valence-corrected chi connectivity index (χ4v) is 3.97. The lowest BCUT2D eigenvalue weighted by atomic mass is 9.93. The number of halogens is 3. The first-order valence-electron chi connectivity index (χ1n) is 10.9. The van der Waals surface area contributed by atoms with E-state index in [-0.39, 0.29) is 17.3 Å². The van der Waals surface area contributed by atoms with Gasteiger partial charge in [-0.3, -0.25) is 20.2 Å². The Labute approximate surface area is 201 Å². The highest BCUT2D eigenvalue weighted by molar-refractivity contribution is 6.14. The number of amides is 1. The molecule has 1 aromatic carbocycles. The first kappa shape index (κ1) is 25.8. The Bertz CT molecular complexity index is 1230. The van der Waals surface area contributed by atoms with Crippen LogP contribution in [-0.2, 0) is 6.18 Å². The van der Waals surface area contributed by atoms with E-state index >= 15 is 0 Å². The summed E-state index contributed by atoms with van der Waals surface area (Å²) in [7, 11) is 1.94. The number of hydrogen-bond acceptors (Lipinski definition) is 6. The fraction of sp³-hybridized carbons (Fsp3) is 0.280. The van der Waals surface area contributed by atoms with Crippen molar-refractivity contribution in [3.63, 3.8) is 0 Å². The van der Waals surface area contributed by atoms with Crippen LogP contribution in [0.1, 0.15) is 50.8 Å². The van der Waals surface area contributed by atoms with Crippen LogP contribution in [0, 0.1) is 12.3 Å². The summed E-state index contributed by atoms with van der Waals surface area (Å²) in [6, 6.07) is 10.8. The molecular formula is C25H27F3N6O. The third kappa shape index (κ3) is 6.42. The molecule has 1 fully saturated rings. The van der Waals surface area contributed by atoms with E-state index in [1.54, 1.807) is 30.5 Å². The Hall–Kier alpha value is -3.79. The summed E-state index contributed by atoms with van der Waals surface area (Å²) in [6.07, 6.45) is -0.421. The number of likely N-dealkylation sites (N-methyl/N-ethyl adjacent to an activating group) is 1. The number of benzene rings is 1. The zero-order chi connectivity index (χ0) is 25.8. The molecule has 184 valence electrons. The molecule has 0 aliphatic carbocycles. The van der Waals surface area contributed by atoms with Crippen molar-refractivity contribution in [2.75, 3.05) is 25.9 Å².